The molecule has 0 spiro atoms. The Balaban J connectivity index is 2.11. The normalized spacial score (nSPS) is 9.96. The van der Waals surface area contributed by atoms with Gasteiger partial charge < -0.3 is 19.5 Å². The van der Waals surface area contributed by atoms with Crippen molar-refractivity contribution in [1.82, 2.24) is 4.98 Å². The fourth-order valence-electron chi connectivity index (χ4n) is 2.43. The average Bonchev–Trinajstić information content (AvgIpc) is 2.62. The van der Waals surface area contributed by atoms with Gasteiger partial charge in [0.05, 0.1) is 21.3 Å². The minimum absolute atomic E-state index is 0.434. The van der Waals surface area contributed by atoms with Gasteiger partial charge in [0.2, 0.25) is 5.75 Å². The molecule has 24 heavy (non-hydrogen) atoms. The van der Waals surface area contributed by atoms with E-state index in [1.165, 1.54) is 0 Å². The summed E-state index contributed by atoms with van der Waals surface area (Å²) in [5.41, 5.74) is 2.29. The van der Waals surface area contributed by atoms with Crippen LogP contribution in [-0.4, -0.2) is 32.9 Å². The maximum atomic E-state index is 9.04. The van der Waals surface area contributed by atoms with Crippen LogP contribution in [0.15, 0.2) is 24.3 Å². The molecule has 0 aliphatic carbocycles. The molecule has 2 aromatic rings. The van der Waals surface area contributed by atoms with Crippen molar-refractivity contribution in [3.05, 3.63) is 41.1 Å². The smallest absolute Gasteiger partial charge is 0.203 e. The first-order valence-corrected chi connectivity index (χ1v) is 7.54. The van der Waals surface area contributed by atoms with Gasteiger partial charge in [-0.3, -0.25) is 0 Å². The lowest BCUT2D eigenvalue weighted by Gasteiger charge is -2.16. The molecule has 0 fully saturated rings. The van der Waals surface area contributed by atoms with Crippen LogP contribution in [0.3, 0.4) is 0 Å². The summed E-state index contributed by atoms with van der Waals surface area (Å²) < 4.78 is 16.1. The van der Waals surface area contributed by atoms with Gasteiger partial charge in [-0.2, -0.15) is 5.26 Å². The molecule has 0 radical (unpaired) electrons. The zero-order valence-corrected chi connectivity index (χ0v) is 14.3. The van der Waals surface area contributed by atoms with Gasteiger partial charge in [-0.1, -0.05) is 12.1 Å². The first kappa shape index (κ1) is 17.4. The highest BCUT2D eigenvalue weighted by atomic mass is 16.5. The number of nitriles is 1. The Labute approximate surface area is 142 Å². The zero-order chi connectivity index (χ0) is 17.5. The van der Waals surface area contributed by atoms with Crippen LogP contribution in [0.25, 0.3) is 0 Å². The van der Waals surface area contributed by atoms with E-state index in [0.717, 1.165) is 11.1 Å². The lowest BCUT2D eigenvalue weighted by Crippen LogP contribution is -2.08. The number of ether oxygens (including phenoxy) is 3. The van der Waals surface area contributed by atoms with Gasteiger partial charge >= 0.3 is 0 Å². The van der Waals surface area contributed by atoms with Crippen molar-refractivity contribution >= 4 is 5.82 Å². The van der Waals surface area contributed by atoms with E-state index in [2.05, 4.69) is 16.4 Å². The summed E-state index contributed by atoms with van der Waals surface area (Å²) in [7, 11) is 4.78. The third kappa shape index (κ3) is 3.69. The van der Waals surface area contributed by atoms with E-state index in [1.807, 2.05) is 31.2 Å². The van der Waals surface area contributed by atoms with E-state index in [0.29, 0.717) is 41.7 Å². The van der Waals surface area contributed by atoms with Gasteiger partial charge in [0.1, 0.15) is 17.6 Å². The fraction of sp³-hybridized carbons (Fsp3) is 0.333. The molecule has 0 saturated heterocycles. The Morgan fingerprint density at radius 3 is 2.42 bits per heavy atom. The number of nitrogens with one attached hydrogen (secondary N) is 1. The van der Waals surface area contributed by atoms with Gasteiger partial charge in [0.15, 0.2) is 11.5 Å². The first-order chi connectivity index (χ1) is 11.6. The molecular weight excluding hydrogens is 306 g/mol. The predicted molar refractivity (Wildman–Crippen MR) is 92.0 cm³/mol. The number of methoxy groups -OCH3 is 3. The lowest BCUT2D eigenvalue weighted by molar-refractivity contribution is 0.322. The molecule has 0 aliphatic heterocycles. The van der Waals surface area contributed by atoms with Gasteiger partial charge in [0.25, 0.3) is 0 Å². The topological polar surface area (TPSA) is 76.4 Å². The Kier molecular flexibility index (Phi) is 5.85. The van der Waals surface area contributed by atoms with E-state index < -0.39 is 0 Å². The summed E-state index contributed by atoms with van der Waals surface area (Å²) in [5.74, 6) is 2.55. The molecule has 6 heteroatoms. The van der Waals surface area contributed by atoms with Crippen molar-refractivity contribution in [3.8, 4) is 23.3 Å². The second-order valence-corrected chi connectivity index (χ2v) is 5.14. The molecule has 1 heterocycles. The van der Waals surface area contributed by atoms with Crippen LogP contribution in [0.2, 0.25) is 0 Å². The highest BCUT2D eigenvalue weighted by molar-refractivity contribution is 5.56. The van der Waals surface area contributed by atoms with Gasteiger partial charge in [-0.15, -0.1) is 0 Å². The number of aromatic nitrogens is 1. The Morgan fingerprint density at radius 1 is 1.04 bits per heavy atom. The molecule has 6 nitrogen and oxygen atoms in total. The summed E-state index contributed by atoms with van der Waals surface area (Å²) >= 11 is 0. The van der Waals surface area contributed by atoms with Crippen molar-refractivity contribution in [1.29, 1.82) is 5.26 Å². The number of hydrogen-bond donors (Lipinski definition) is 1. The van der Waals surface area contributed by atoms with Crippen molar-refractivity contribution in [2.24, 2.45) is 0 Å². The van der Waals surface area contributed by atoms with Crippen molar-refractivity contribution < 1.29 is 14.2 Å². The van der Waals surface area contributed by atoms with Crippen LogP contribution in [0.5, 0.6) is 17.2 Å². The molecule has 1 aromatic carbocycles. The van der Waals surface area contributed by atoms with Crippen LogP contribution in [0, 0.1) is 18.3 Å². The quantitative estimate of drug-likeness (QED) is 0.842. The standard InChI is InChI=1S/C18H21N3O3/c1-12-5-8-16(21-14(12)11-19)20-10-9-13-6-7-15(22-2)18(24-4)17(13)23-3/h5-8H,9-10H2,1-4H3,(H,20,21). The predicted octanol–water partition coefficient (Wildman–Crippen LogP) is 2.94. The second-order valence-electron chi connectivity index (χ2n) is 5.14. The highest BCUT2D eigenvalue weighted by Gasteiger charge is 2.15. The maximum Gasteiger partial charge on any atom is 0.203 e. The number of anilines is 1. The highest BCUT2D eigenvalue weighted by Crippen LogP contribution is 2.39. The fourth-order valence-corrected chi connectivity index (χ4v) is 2.43. The van der Waals surface area contributed by atoms with Crippen molar-refractivity contribution in [2.45, 2.75) is 13.3 Å². The summed E-state index contributed by atoms with van der Waals surface area (Å²) in [6, 6.07) is 9.64. The summed E-state index contributed by atoms with van der Waals surface area (Å²) in [6.07, 6.45) is 0.709. The van der Waals surface area contributed by atoms with Crippen LogP contribution < -0.4 is 19.5 Å². The van der Waals surface area contributed by atoms with Gasteiger partial charge in [-0.05, 0) is 31.0 Å². The molecule has 1 N–H and O–H groups in total. The summed E-state index contributed by atoms with van der Waals surface area (Å²) in [4.78, 5) is 4.28. The van der Waals surface area contributed by atoms with E-state index >= 15 is 0 Å². The van der Waals surface area contributed by atoms with E-state index in [1.54, 1.807) is 21.3 Å². The molecule has 0 bridgehead atoms. The molecular formula is C18H21N3O3. The van der Waals surface area contributed by atoms with Gasteiger partial charge in [0, 0.05) is 12.1 Å². The van der Waals surface area contributed by atoms with E-state index in [-0.39, 0.29) is 0 Å². The van der Waals surface area contributed by atoms with Crippen molar-refractivity contribution in [2.75, 3.05) is 33.2 Å². The number of nitrogens with zero attached hydrogens (tertiary/aromatic N) is 2. The number of rotatable bonds is 7. The zero-order valence-electron chi connectivity index (χ0n) is 14.3. The van der Waals surface area contributed by atoms with Crippen LogP contribution >= 0.6 is 0 Å². The Bertz CT molecular complexity index is 754. The molecule has 2 rings (SSSR count). The molecule has 1 aromatic heterocycles. The number of benzene rings is 1. The average molecular weight is 327 g/mol. The molecule has 0 saturated carbocycles. The SMILES string of the molecule is COc1ccc(CCNc2ccc(C)c(C#N)n2)c(OC)c1OC. The lowest BCUT2D eigenvalue weighted by atomic mass is 10.1. The van der Waals surface area contributed by atoms with Crippen LogP contribution in [0.4, 0.5) is 5.82 Å². The number of aryl methyl sites for hydroxylation is 1. The molecule has 0 aliphatic rings. The monoisotopic (exact) mass is 327 g/mol. The Morgan fingerprint density at radius 2 is 1.79 bits per heavy atom. The van der Waals surface area contributed by atoms with Crippen LogP contribution in [-0.2, 0) is 6.42 Å². The second kappa shape index (κ2) is 8.06. The summed E-state index contributed by atoms with van der Waals surface area (Å²) in [5, 5.41) is 12.3. The number of pyridine rings is 1. The molecule has 126 valence electrons. The van der Waals surface area contributed by atoms with Crippen LogP contribution in [0.1, 0.15) is 16.8 Å². The Hall–Kier alpha value is -2.94. The third-order valence-corrected chi connectivity index (χ3v) is 3.69. The minimum Gasteiger partial charge on any atom is -0.493 e. The van der Waals surface area contributed by atoms with E-state index in [9.17, 15) is 0 Å². The van der Waals surface area contributed by atoms with Gasteiger partial charge in [-0.25, -0.2) is 4.98 Å². The minimum atomic E-state index is 0.434. The maximum absolute atomic E-state index is 9.04. The summed E-state index contributed by atoms with van der Waals surface area (Å²) in [6.45, 7) is 2.51. The molecule has 0 amide bonds. The van der Waals surface area contributed by atoms with E-state index in [4.69, 9.17) is 19.5 Å². The largest absolute Gasteiger partial charge is 0.493 e. The third-order valence-electron chi connectivity index (χ3n) is 3.69. The molecule has 0 atom stereocenters. The number of hydrogen-bond acceptors (Lipinski definition) is 6. The van der Waals surface area contributed by atoms with Crippen molar-refractivity contribution in [3.63, 3.8) is 0 Å². The molecule has 0 unspecified atom stereocenters. The first-order valence-electron chi connectivity index (χ1n) is 7.54.